The van der Waals surface area contributed by atoms with Gasteiger partial charge in [0.05, 0.1) is 0 Å². The summed E-state index contributed by atoms with van der Waals surface area (Å²) in [6.07, 6.45) is 3.43. The molecule has 0 aliphatic carbocycles. The van der Waals surface area contributed by atoms with E-state index in [9.17, 15) is 4.39 Å². The molecule has 0 saturated carbocycles. The molecule has 1 aliphatic heterocycles. The average molecular weight is 207 g/mol. The smallest absolute Gasteiger partial charge is 0.126 e. The van der Waals surface area contributed by atoms with Crippen molar-refractivity contribution in [3.63, 3.8) is 0 Å². The highest BCUT2D eigenvalue weighted by Gasteiger charge is 2.17. The van der Waals surface area contributed by atoms with Crippen LogP contribution in [0.4, 0.5) is 4.39 Å². The number of aryl methyl sites for hydroxylation is 1. The van der Waals surface area contributed by atoms with Crippen LogP contribution >= 0.6 is 0 Å². The zero-order valence-electron chi connectivity index (χ0n) is 9.44. The molecule has 1 fully saturated rings. The highest BCUT2D eigenvalue weighted by atomic mass is 19.1. The molecular formula is C13H18FN. The predicted molar refractivity (Wildman–Crippen MR) is 60.6 cm³/mol. The summed E-state index contributed by atoms with van der Waals surface area (Å²) in [6, 6.07) is 3.99. The lowest BCUT2D eigenvalue weighted by Gasteiger charge is -2.15. The van der Waals surface area contributed by atoms with Gasteiger partial charge in [-0.05, 0) is 62.4 Å². The van der Waals surface area contributed by atoms with Crippen molar-refractivity contribution in [2.45, 2.75) is 39.2 Å². The van der Waals surface area contributed by atoms with Gasteiger partial charge in [-0.2, -0.15) is 0 Å². The Morgan fingerprint density at radius 2 is 2.20 bits per heavy atom. The SMILES string of the molecule is Cc1ccc(F)c(C)c1CC1CCCN1. The van der Waals surface area contributed by atoms with Gasteiger partial charge in [0.15, 0.2) is 0 Å². The van der Waals surface area contributed by atoms with E-state index in [-0.39, 0.29) is 5.82 Å². The first kappa shape index (κ1) is 10.6. The van der Waals surface area contributed by atoms with Crippen LogP contribution in [0.1, 0.15) is 29.5 Å². The molecule has 1 aliphatic rings. The second kappa shape index (κ2) is 4.31. The normalized spacial score (nSPS) is 20.9. The van der Waals surface area contributed by atoms with Gasteiger partial charge in [0, 0.05) is 6.04 Å². The number of benzene rings is 1. The maximum atomic E-state index is 13.4. The van der Waals surface area contributed by atoms with Gasteiger partial charge in [0.1, 0.15) is 5.82 Å². The fourth-order valence-corrected chi connectivity index (χ4v) is 2.36. The number of rotatable bonds is 2. The van der Waals surface area contributed by atoms with E-state index >= 15 is 0 Å². The standard InChI is InChI=1S/C13H18FN/c1-9-5-6-13(14)10(2)12(9)8-11-4-3-7-15-11/h5-6,11,15H,3-4,7-8H2,1-2H3. The Bertz CT molecular complexity index is 354. The van der Waals surface area contributed by atoms with Crippen LogP contribution in [0.25, 0.3) is 0 Å². The van der Waals surface area contributed by atoms with Crippen LogP contribution in [0.15, 0.2) is 12.1 Å². The van der Waals surface area contributed by atoms with Crippen molar-refractivity contribution in [1.82, 2.24) is 5.32 Å². The Morgan fingerprint density at radius 3 is 2.87 bits per heavy atom. The maximum Gasteiger partial charge on any atom is 0.126 e. The zero-order chi connectivity index (χ0) is 10.8. The molecule has 2 heteroatoms. The van der Waals surface area contributed by atoms with E-state index in [0.29, 0.717) is 6.04 Å². The van der Waals surface area contributed by atoms with E-state index in [2.05, 4.69) is 12.2 Å². The Balaban J connectivity index is 2.22. The fourth-order valence-electron chi connectivity index (χ4n) is 2.36. The van der Waals surface area contributed by atoms with Crippen molar-refractivity contribution >= 4 is 0 Å². The quantitative estimate of drug-likeness (QED) is 0.786. The van der Waals surface area contributed by atoms with Gasteiger partial charge in [0.25, 0.3) is 0 Å². The molecule has 1 aromatic carbocycles. The van der Waals surface area contributed by atoms with Gasteiger partial charge in [-0.1, -0.05) is 6.07 Å². The van der Waals surface area contributed by atoms with Crippen LogP contribution < -0.4 is 5.32 Å². The van der Waals surface area contributed by atoms with Crippen LogP contribution in [0.2, 0.25) is 0 Å². The van der Waals surface area contributed by atoms with Crippen molar-refractivity contribution < 1.29 is 4.39 Å². The van der Waals surface area contributed by atoms with Crippen LogP contribution in [0, 0.1) is 19.7 Å². The van der Waals surface area contributed by atoms with Gasteiger partial charge in [0.2, 0.25) is 0 Å². The predicted octanol–water partition coefficient (Wildman–Crippen LogP) is 2.74. The molecule has 1 unspecified atom stereocenters. The summed E-state index contributed by atoms with van der Waals surface area (Å²) < 4.78 is 13.4. The van der Waals surface area contributed by atoms with Gasteiger partial charge in [-0.25, -0.2) is 4.39 Å². The Labute approximate surface area is 90.7 Å². The average Bonchev–Trinajstić information content (AvgIpc) is 2.71. The largest absolute Gasteiger partial charge is 0.314 e. The first-order valence-corrected chi connectivity index (χ1v) is 5.66. The molecule has 0 amide bonds. The second-order valence-corrected chi connectivity index (χ2v) is 4.47. The van der Waals surface area contributed by atoms with E-state index in [1.54, 1.807) is 6.07 Å². The monoisotopic (exact) mass is 207 g/mol. The minimum absolute atomic E-state index is 0.0754. The van der Waals surface area contributed by atoms with Gasteiger partial charge >= 0.3 is 0 Å². The summed E-state index contributed by atoms with van der Waals surface area (Å²) in [5.74, 6) is -0.0754. The minimum Gasteiger partial charge on any atom is -0.314 e. The number of hydrogen-bond donors (Lipinski definition) is 1. The van der Waals surface area contributed by atoms with E-state index < -0.39 is 0 Å². The number of hydrogen-bond acceptors (Lipinski definition) is 1. The van der Waals surface area contributed by atoms with Crippen LogP contribution in [0.3, 0.4) is 0 Å². The summed E-state index contributed by atoms with van der Waals surface area (Å²) in [4.78, 5) is 0. The topological polar surface area (TPSA) is 12.0 Å². The molecule has 0 aromatic heterocycles. The van der Waals surface area contributed by atoms with E-state index in [0.717, 1.165) is 18.5 Å². The molecule has 1 N–H and O–H groups in total. The van der Waals surface area contributed by atoms with Crippen molar-refractivity contribution in [2.75, 3.05) is 6.54 Å². The molecule has 2 rings (SSSR count). The molecule has 0 spiro atoms. The molecule has 1 saturated heterocycles. The third kappa shape index (κ3) is 2.20. The molecular weight excluding hydrogens is 189 g/mol. The molecule has 15 heavy (non-hydrogen) atoms. The third-order valence-electron chi connectivity index (χ3n) is 3.38. The maximum absolute atomic E-state index is 13.4. The van der Waals surface area contributed by atoms with Crippen molar-refractivity contribution in [1.29, 1.82) is 0 Å². The first-order valence-electron chi connectivity index (χ1n) is 5.66. The van der Waals surface area contributed by atoms with Crippen LogP contribution in [-0.4, -0.2) is 12.6 Å². The summed E-state index contributed by atoms with van der Waals surface area (Å²) >= 11 is 0. The van der Waals surface area contributed by atoms with E-state index in [4.69, 9.17) is 0 Å². The fraction of sp³-hybridized carbons (Fsp3) is 0.538. The first-order chi connectivity index (χ1) is 7.18. The van der Waals surface area contributed by atoms with Gasteiger partial charge in [-0.15, -0.1) is 0 Å². The molecule has 82 valence electrons. The van der Waals surface area contributed by atoms with Crippen molar-refractivity contribution in [2.24, 2.45) is 0 Å². The molecule has 1 nitrogen and oxygen atoms in total. The summed E-state index contributed by atoms with van der Waals surface area (Å²) in [5.41, 5.74) is 3.22. The third-order valence-corrected chi connectivity index (χ3v) is 3.38. The molecule has 1 aromatic rings. The molecule has 0 bridgehead atoms. The molecule has 0 radical (unpaired) electrons. The lowest BCUT2D eigenvalue weighted by Crippen LogP contribution is -2.24. The Morgan fingerprint density at radius 1 is 1.40 bits per heavy atom. The van der Waals surface area contributed by atoms with Gasteiger partial charge < -0.3 is 5.32 Å². The minimum atomic E-state index is -0.0754. The van der Waals surface area contributed by atoms with Crippen molar-refractivity contribution in [3.05, 3.63) is 34.6 Å². The highest BCUT2D eigenvalue weighted by Crippen LogP contribution is 2.21. The van der Waals surface area contributed by atoms with Crippen LogP contribution in [0.5, 0.6) is 0 Å². The summed E-state index contributed by atoms with van der Waals surface area (Å²) in [7, 11) is 0. The summed E-state index contributed by atoms with van der Waals surface area (Å²) in [6.45, 7) is 5.06. The number of nitrogens with one attached hydrogen (secondary N) is 1. The van der Waals surface area contributed by atoms with E-state index in [1.165, 1.54) is 24.0 Å². The van der Waals surface area contributed by atoms with Crippen molar-refractivity contribution in [3.8, 4) is 0 Å². The summed E-state index contributed by atoms with van der Waals surface area (Å²) in [5, 5.41) is 3.46. The highest BCUT2D eigenvalue weighted by molar-refractivity contribution is 5.35. The second-order valence-electron chi connectivity index (χ2n) is 4.47. The zero-order valence-corrected chi connectivity index (χ0v) is 9.44. The van der Waals surface area contributed by atoms with E-state index in [1.807, 2.05) is 13.0 Å². The van der Waals surface area contributed by atoms with Crippen LogP contribution in [-0.2, 0) is 6.42 Å². The Hall–Kier alpha value is -0.890. The molecule has 1 atom stereocenters. The Kier molecular flexibility index (Phi) is 3.06. The molecule has 1 heterocycles. The lowest BCUT2D eigenvalue weighted by atomic mass is 9.95. The van der Waals surface area contributed by atoms with Gasteiger partial charge in [-0.3, -0.25) is 0 Å². The lowest BCUT2D eigenvalue weighted by molar-refractivity contribution is 0.584. The number of halogens is 1.